The van der Waals surface area contributed by atoms with Gasteiger partial charge in [-0.05, 0) is 50.7 Å². The Hall–Kier alpha value is -3.07. The van der Waals surface area contributed by atoms with Gasteiger partial charge in [0, 0.05) is 35.6 Å². The topological polar surface area (TPSA) is 79.4 Å². The molecule has 0 bridgehead atoms. The van der Waals surface area contributed by atoms with Gasteiger partial charge in [0.1, 0.15) is 0 Å². The van der Waals surface area contributed by atoms with Crippen LogP contribution in [0.2, 0.25) is 0 Å². The summed E-state index contributed by atoms with van der Waals surface area (Å²) >= 11 is 6.38. The Balaban J connectivity index is 2.46. The molecule has 0 fully saturated rings. The van der Waals surface area contributed by atoms with Crippen LogP contribution < -0.4 is 39.1 Å². The van der Waals surface area contributed by atoms with Crippen LogP contribution in [0.15, 0.2) is 24.3 Å². The van der Waals surface area contributed by atoms with Gasteiger partial charge < -0.3 is 39.1 Å². The van der Waals surface area contributed by atoms with Crippen molar-refractivity contribution in [1.82, 2.24) is 0 Å². The van der Waals surface area contributed by atoms with Gasteiger partial charge in [-0.3, -0.25) is 0 Å². The van der Waals surface area contributed by atoms with Crippen LogP contribution in [0.3, 0.4) is 0 Å². The average Bonchev–Trinajstić information content (AvgIpc) is 0.821. The Morgan fingerprint density at radius 2 is 0.280 bits per heavy atom. The van der Waals surface area contributed by atoms with Crippen LogP contribution in [0, 0.1) is 0 Å². The van der Waals surface area contributed by atoms with E-state index in [9.17, 15) is 0 Å². The fourth-order valence-corrected chi connectivity index (χ4v) is 17.4. The Bertz CT molecular complexity index is 2080. The lowest BCUT2D eigenvalue weighted by molar-refractivity contribution is 0.234. The Labute approximate surface area is 742 Å². The predicted octanol–water partition coefficient (Wildman–Crippen LogP) is 38.7. The van der Waals surface area contributed by atoms with Crippen molar-refractivity contribution in [2.24, 2.45) is 0 Å². The molecule has 0 amide bonds. The third-order valence-electron chi connectivity index (χ3n) is 25.1. The number of benzene rings is 2. The van der Waals surface area contributed by atoms with E-state index in [2.05, 4.69) is 76.4 Å². The number of hydrogen-bond acceptors (Lipinski definition) is 7. The molecule has 0 spiro atoms. The molecule has 0 unspecified atom stereocenters. The molecular weight excluding hydrogens is 1470 g/mol. The molecular formula is C109H204N2O6S. The van der Waals surface area contributed by atoms with Gasteiger partial charge in [-0.25, -0.2) is 0 Å². The minimum Gasteiger partial charge on any atom is -0.489 e. The number of thiocarbonyl (C=S) groups is 1. The first-order chi connectivity index (χ1) is 58.5. The maximum atomic E-state index is 6.92. The molecule has 2 aromatic carbocycles. The minimum absolute atomic E-state index is 0.485. The van der Waals surface area contributed by atoms with Gasteiger partial charge in [-0.1, -0.05) is 542 Å². The quantitative estimate of drug-likeness (QED) is 0.0497. The number of nitrogens with one attached hydrogen (secondary N) is 2. The van der Waals surface area contributed by atoms with Crippen molar-refractivity contribution in [3.63, 3.8) is 0 Å². The fraction of sp³-hybridized carbons (Fsp3) is 0.881. The third-order valence-corrected chi connectivity index (χ3v) is 25.3. The zero-order chi connectivity index (χ0) is 84.3. The van der Waals surface area contributed by atoms with Crippen molar-refractivity contribution in [2.75, 3.05) is 50.3 Å². The molecule has 9 heteroatoms. The maximum absolute atomic E-state index is 6.92. The van der Waals surface area contributed by atoms with Crippen LogP contribution in [-0.2, 0) is 0 Å². The first-order valence-electron chi connectivity index (χ1n) is 53.7. The number of hydrogen-bond donors (Lipinski definition) is 2. The SMILES string of the molecule is CCCCCCCCCCCCCCCCOc1cc(NC(=S)Nc2cc(OCCCCCCCCCCCCCCCC)c(OCCCCCCCCCCCCCCCC)c(OCCCCCCCCCCCCCCCC)c2)cc(OCCCCCCCCCCCCCCCC)c1OCCCCCCCCCCCCCCCC. The molecule has 0 radical (unpaired) electrons. The lowest BCUT2D eigenvalue weighted by atomic mass is 10.0. The number of anilines is 2. The van der Waals surface area contributed by atoms with Gasteiger partial charge in [0.15, 0.2) is 28.1 Å². The van der Waals surface area contributed by atoms with Crippen molar-refractivity contribution in [1.29, 1.82) is 0 Å². The van der Waals surface area contributed by atoms with Gasteiger partial charge in [-0.2, -0.15) is 0 Å². The molecule has 0 saturated heterocycles. The summed E-state index contributed by atoms with van der Waals surface area (Å²) in [5.74, 6) is 4.43. The Morgan fingerprint density at radius 3 is 0.407 bits per heavy atom. The van der Waals surface area contributed by atoms with Crippen molar-refractivity contribution < 1.29 is 28.4 Å². The molecule has 0 aliphatic heterocycles. The first kappa shape index (κ1) is 111. The van der Waals surface area contributed by atoms with Gasteiger partial charge >= 0.3 is 0 Å². The van der Waals surface area contributed by atoms with Crippen LogP contribution in [0.4, 0.5) is 11.4 Å². The number of ether oxygens (including phenoxy) is 6. The van der Waals surface area contributed by atoms with Crippen molar-refractivity contribution in [2.45, 2.75) is 581 Å². The van der Waals surface area contributed by atoms with E-state index in [1.54, 1.807) is 0 Å². The van der Waals surface area contributed by atoms with E-state index in [0.717, 1.165) is 84.4 Å². The number of rotatable bonds is 98. The predicted molar refractivity (Wildman–Crippen MR) is 528 cm³/mol. The molecule has 0 atom stereocenters. The highest BCUT2D eigenvalue weighted by molar-refractivity contribution is 7.80. The van der Waals surface area contributed by atoms with Gasteiger partial charge in [0.25, 0.3) is 0 Å². The van der Waals surface area contributed by atoms with Crippen molar-refractivity contribution in [3.8, 4) is 34.5 Å². The first-order valence-corrected chi connectivity index (χ1v) is 54.1. The molecule has 118 heavy (non-hydrogen) atoms. The second-order valence-corrected chi connectivity index (χ2v) is 37.3. The van der Waals surface area contributed by atoms with Crippen LogP contribution in [0.25, 0.3) is 0 Å². The van der Waals surface area contributed by atoms with E-state index in [4.69, 9.17) is 40.6 Å². The zero-order valence-corrected chi connectivity index (χ0v) is 81.1. The molecule has 0 aliphatic rings. The third kappa shape index (κ3) is 73.3. The van der Waals surface area contributed by atoms with Crippen molar-refractivity contribution >= 4 is 28.7 Å². The fourth-order valence-electron chi connectivity index (χ4n) is 17.2. The maximum Gasteiger partial charge on any atom is 0.203 e. The molecule has 692 valence electrons. The summed E-state index contributed by atoms with van der Waals surface area (Å²) in [5.41, 5.74) is 1.65. The molecule has 0 saturated carbocycles. The standard InChI is InChI=1S/C109H204N2O6S/c1-7-13-19-25-31-37-43-49-55-61-67-73-79-85-91-112-103-97-101(98-104(113-92-86-80-74-68-62-56-50-44-38-32-26-20-14-8-2)107(103)116-95-89-83-77-71-65-59-53-47-41-35-29-23-17-11-5)110-109(118)111-102-99-105(114-93-87-81-75-69-63-57-51-45-39-33-27-21-15-9-3)108(117-96-90-84-78-72-66-60-54-48-42-36-30-24-18-12-6)106(100-102)115-94-88-82-76-70-64-58-52-46-40-34-28-22-16-10-4/h97-100H,7-96H2,1-6H3,(H2,110,111,118). The van der Waals surface area contributed by atoms with Gasteiger partial charge in [0.05, 0.1) is 39.6 Å². The van der Waals surface area contributed by atoms with Crippen LogP contribution >= 0.6 is 12.2 Å². The molecule has 2 aromatic rings. The highest BCUT2D eigenvalue weighted by Gasteiger charge is 2.21. The van der Waals surface area contributed by atoms with Crippen LogP contribution in [-0.4, -0.2) is 44.8 Å². The Kier molecular flexibility index (Phi) is 86.2. The second kappa shape index (κ2) is 91.6. The summed E-state index contributed by atoms with van der Waals surface area (Å²) in [6.45, 7) is 17.7. The highest BCUT2D eigenvalue weighted by atomic mass is 32.1. The van der Waals surface area contributed by atoms with Crippen LogP contribution in [0.1, 0.15) is 581 Å². The molecule has 0 aliphatic carbocycles. The van der Waals surface area contributed by atoms with E-state index in [1.807, 2.05) is 0 Å². The normalized spacial score (nSPS) is 11.5. The number of unbranched alkanes of at least 4 members (excludes halogenated alkanes) is 78. The Morgan fingerprint density at radius 1 is 0.169 bits per heavy atom. The highest BCUT2D eigenvalue weighted by Crippen LogP contribution is 2.44. The smallest absolute Gasteiger partial charge is 0.203 e. The minimum atomic E-state index is 0.485. The molecule has 0 aromatic heterocycles. The monoisotopic (exact) mass is 1670 g/mol. The zero-order valence-electron chi connectivity index (χ0n) is 80.3. The largest absolute Gasteiger partial charge is 0.489 e. The summed E-state index contributed by atoms with van der Waals surface area (Å²) in [6, 6.07) is 8.45. The van der Waals surface area contributed by atoms with Crippen molar-refractivity contribution in [3.05, 3.63) is 24.3 Å². The van der Waals surface area contributed by atoms with E-state index in [-0.39, 0.29) is 0 Å². The summed E-state index contributed by atoms with van der Waals surface area (Å²) in [7, 11) is 0. The average molecular weight is 1670 g/mol. The summed E-state index contributed by atoms with van der Waals surface area (Å²) in [4.78, 5) is 0. The lowest BCUT2D eigenvalue weighted by Crippen LogP contribution is -2.19. The summed E-state index contributed by atoms with van der Waals surface area (Å²) in [5, 5.41) is 7.80. The van der Waals surface area contributed by atoms with E-state index in [0.29, 0.717) is 44.8 Å². The van der Waals surface area contributed by atoms with E-state index < -0.39 is 0 Å². The molecule has 2 rings (SSSR count). The molecule has 0 heterocycles. The van der Waals surface area contributed by atoms with Crippen LogP contribution in [0.5, 0.6) is 34.5 Å². The van der Waals surface area contributed by atoms with E-state index in [1.165, 1.54) is 501 Å². The van der Waals surface area contributed by atoms with Gasteiger partial charge in [0.2, 0.25) is 11.5 Å². The van der Waals surface area contributed by atoms with E-state index >= 15 is 0 Å². The van der Waals surface area contributed by atoms with Gasteiger partial charge in [-0.15, -0.1) is 0 Å². The molecule has 8 nitrogen and oxygen atoms in total. The second-order valence-electron chi connectivity index (χ2n) is 36.9. The summed E-state index contributed by atoms with van der Waals surface area (Å²) < 4.78 is 41.5. The molecule has 2 N–H and O–H groups in total. The summed E-state index contributed by atoms with van der Waals surface area (Å²) in [6.07, 6.45) is 112. The lowest BCUT2D eigenvalue weighted by Gasteiger charge is -2.21.